The molecule has 0 radical (unpaired) electrons. The fourth-order valence-corrected chi connectivity index (χ4v) is 1.28. The summed E-state index contributed by atoms with van der Waals surface area (Å²) in [7, 11) is 0. The molecule has 0 saturated carbocycles. The monoisotopic (exact) mass is 226 g/mol. The Labute approximate surface area is 78.7 Å². The van der Waals surface area contributed by atoms with Crippen molar-refractivity contribution in [2.24, 2.45) is 0 Å². The van der Waals surface area contributed by atoms with Crippen LogP contribution in [-0.4, -0.2) is 11.1 Å². The zero-order chi connectivity index (χ0) is 9.14. The van der Waals surface area contributed by atoms with Gasteiger partial charge in [0.15, 0.2) is 0 Å². The number of rotatable bonds is 2. The van der Waals surface area contributed by atoms with Gasteiger partial charge in [0.25, 0.3) is 0 Å². The summed E-state index contributed by atoms with van der Waals surface area (Å²) in [5.41, 5.74) is 0.894. The molecular formula is C9H7BrO2. The maximum atomic E-state index is 10.6. The van der Waals surface area contributed by atoms with E-state index in [9.17, 15) is 4.79 Å². The molecule has 0 heterocycles. The molecule has 0 aliphatic carbocycles. The van der Waals surface area contributed by atoms with Crippen LogP contribution in [0, 0.1) is 0 Å². The van der Waals surface area contributed by atoms with Gasteiger partial charge in [0.1, 0.15) is 0 Å². The minimum atomic E-state index is -0.933. The molecule has 0 spiro atoms. The van der Waals surface area contributed by atoms with Gasteiger partial charge in [-0.25, -0.2) is 4.79 Å². The van der Waals surface area contributed by atoms with Gasteiger partial charge in [-0.3, -0.25) is 0 Å². The number of hydrogen-bond acceptors (Lipinski definition) is 1. The van der Waals surface area contributed by atoms with E-state index in [0.29, 0.717) is 5.56 Å². The minimum Gasteiger partial charge on any atom is -0.478 e. The van der Waals surface area contributed by atoms with Gasteiger partial charge < -0.3 is 5.11 Å². The average Bonchev–Trinajstić information content (AvgIpc) is 2.03. The van der Waals surface area contributed by atoms with Crippen LogP contribution in [0.4, 0.5) is 0 Å². The summed E-state index contributed by atoms with van der Waals surface area (Å²) in [4.78, 5) is 10.6. The fourth-order valence-electron chi connectivity index (χ4n) is 0.897. The molecule has 1 N–H and O–H groups in total. The second-order valence-electron chi connectivity index (χ2n) is 2.24. The quantitative estimate of drug-likeness (QED) is 0.843. The summed E-state index contributed by atoms with van der Waals surface area (Å²) in [6.45, 7) is 3.53. The summed E-state index contributed by atoms with van der Waals surface area (Å²) in [5.74, 6) is -0.933. The highest BCUT2D eigenvalue weighted by molar-refractivity contribution is 9.10. The lowest BCUT2D eigenvalue weighted by Gasteiger charge is -2.00. The van der Waals surface area contributed by atoms with Crippen molar-refractivity contribution in [3.63, 3.8) is 0 Å². The standard InChI is InChI=1S/C9H7BrO2/c1-2-6-5-7(10)3-4-8(6)9(11)12/h2-5H,1H2,(H,11,12). The third-order valence-corrected chi connectivity index (χ3v) is 1.96. The maximum Gasteiger partial charge on any atom is 0.336 e. The molecule has 1 aromatic rings. The van der Waals surface area contributed by atoms with Gasteiger partial charge in [-0.05, 0) is 23.8 Å². The Balaban J connectivity index is 3.29. The van der Waals surface area contributed by atoms with Crippen molar-refractivity contribution >= 4 is 28.0 Å². The molecule has 62 valence electrons. The van der Waals surface area contributed by atoms with Crippen LogP contribution in [0.15, 0.2) is 29.3 Å². The Hall–Kier alpha value is -1.09. The molecule has 0 atom stereocenters. The summed E-state index contributed by atoms with van der Waals surface area (Å²) in [6, 6.07) is 4.95. The van der Waals surface area contributed by atoms with Gasteiger partial charge >= 0.3 is 5.97 Å². The first-order chi connectivity index (χ1) is 5.65. The zero-order valence-electron chi connectivity index (χ0n) is 6.25. The molecule has 1 aromatic carbocycles. The smallest absolute Gasteiger partial charge is 0.336 e. The molecule has 0 aromatic heterocycles. The molecule has 2 nitrogen and oxygen atoms in total. The van der Waals surface area contributed by atoms with E-state index < -0.39 is 5.97 Å². The molecule has 0 bridgehead atoms. The lowest BCUT2D eigenvalue weighted by molar-refractivity contribution is 0.0696. The number of aromatic carboxylic acids is 1. The molecule has 1 rings (SSSR count). The van der Waals surface area contributed by atoms with Gasteiger partial charge in [-0.2, -0.15) is 0 Å². The van der Waals surface area contributed by atoms with Gasteiger partial charge in [-0.15, -0.1) is 0 Å². The van der Waals surface area contributed by atoms with Crippen molar-refractivity contribution in [3.8, 4) is 0 Å². The van der Waals surface area contributed by atoms with Crippen LogP contribution >= 0.6 is 15.9 Å². The predicted molar refractivity (Wildman–Crippen MR) is 51.2 cm³/mol. The normalized spacial score (nSPS) is 9.42. The molecule has 0 aliphatic heterocycles. The molecule has 0 aliphatic rings. The van der Waals surface area contributed by atoms with Crippen molar-refractivity contribution in [1.82, 2.24) is 0 Å². The summed E-state index contributed by atoms with van der Waals surface area (Å²) >= 11 is 3.25. The highest BCUT2D eigenvalue weighted by atomic mass is 79.9. The van der Waals surface area contributed by atoms with E-state index in [-0.39, 0.29) is 5.56 Å². The number of carbonyl (C=O) groups is 1. The van der Waals surface area contributed by atoms with E-state index in [2.05, 4.69) is 22.5 Å². The minimum absolute atomic E-state index is 0.271. The Morgan fingerprint density at radius 3 is 2.75 bits per heavy atom. The topological polar surface area (TPSA) is 37.3 Å². The van der Waals surface area contributed by atoms with Crippen molar-refractivity contribution in [2.75, 3.05) is 0 Å². The number of benzene rings is 1. The Bertz CT molecular complexity index is 331. The van der Waals surface area contributed by atoms with E-state index in [0.717, 1.165) is 4.47 Å². The second kappa shape index (κ2) is 3.54. The van der Waals surface area contributed by atoms with Gasteiger partial charge in [0.2, 0.25) is 0 Å². The molecule has 3 heteroatoms. The van der Waals surface area contributed by atoms with E-state index >= 15 is 0 Å². The first-order valence-corrected chi connectivity index (χ1v) is 4.09. The van der Waals surface area contributed by atoms with E-state index in [1.54, 1.807) is 18.2 Å². The number of carboxylic acids is 1. The summed E-state index contributed by atoms with van der Waals surface area (Å²) in [6.07, 6.45) is 1.52. The van der Waals surface area contributed by atoms with Gasteiger partial charge in [0.05, 0.1) is 5.56 Å². The number of hydrogen-bond donors (Lipinski definition) is 1. The van der Waals surface area contributed by atoms with Gasteiger partial charge in [0, 0.05) is 4.47 Å². The largest absolute Gasteiger partial charge is 0.478 e. The van der Waals surface area contributed by atoms with Crippen molar-refractivity contribution in [1.29, 1.82) is 0 Å². The Kier molecular flexibility index (Phi) is 2.65. The Morgan fingerprint density at radius 2 is 2.25 bits per heavy atom. The molecule has 0 amide bonds. The lowest BCUT2D eigenvalue weighted by atomic mass is 10.1. The molecule has 0 fully saturated rings. The fraction of sp³-hybridized carbons (Fsp3) is 0. The van der Waals surface area contributed by atoms with Crippen LogP contribution in [0.5, 0.6) is 0 Å². The average molecular weight is 227 g/mol. The molecular weight excluding hydrogens is 220 g/mol. The third-order valence-electron chi connectivity index (χ3n) is 1.46. The van der Waals surface area contributed by atoms with E-state index in [1.807, 2.05) is 0 Å². The van der Waals surface area contributed by atoms with Crippen molar-refractivity contribution < 1.29 is 9.90 Å². The summed E-state index contributed by atoms with van der Waals surface area (Å²) in [5, 5.41) is 8.72. The van der Waals surface area contributed by atoms with Crippen LogP contribution in [0.3, 0.4) is 0 Å². The van der Waals surface area contributed by atoms with Crippen LogP contribution in [-0.2, 0) is 0 Å². The van der Waals surface area contributed by atoms with Crippen LogP contribution < -0.4 is 0 Å². The van der Waals surface area contributed by atoms with Crippen LogP contribution in [0.25, 0.3) is 6.08 Å². The zero-order valence-corrected chi connectivity index (χ0v) is 7.84. The maximum absolute atomic E-state index is 10.6. The highest BCUT2D eigenvalue weighted by Crippen LogP contribution is 2.17. The SMILES string of the molecule is C=Cc1cc(Br)ccc1C(=O)O. The highest BCUT2D eigenvalue weighted by Gasteiger charge is 2.06. The van der Waals surface area contributed by atoms with Crippen molar-refractivity contribution in [2.45, 2.75) is 0 Å². The van der Waals surface area contributed by atoms with Crippen LogP contribution in [0.1, 0.15) is 15.9 Å². The molecule has 0 saturated heterocycles. The Morgan fingerprint density at radius 1 is 1.58 bits per heavy atom. The van der Waals surface area contributed by atoms with Crippen LogP contribution in [0.2, 0.25) is 0 Å². The van der Waals surface area contributed by atoms with E-state index in [4.69, 9.17) is 5.11 Å². The van der Waals surface area contributed by atoms with E-state index in [1.165, 1.54) is 6.08 Å². The summed E-state index contributed by atoms with van der Waals surface area (Å²) < 4.78 is 0.849. The predicted octanol–water partition coefficient (Wildman–Crippen LogP) is 2.79. The van der Waals surface area contributed by atoms with Crippen molar-refractivity contribution in [3.05, 3.63) is 40.4 Å². The third kappa shape index (κ3) is 1.74. The lowest BCUT2D eigenvalue weighted by Crippen LogP contribution is -1.98. The van der Waals surface area contributed by atoms with Gasteiger partial charge in [-0.1, -0.05) is 28.6 Å². The first kappa shape index (κ1) is 9.00. The first-order valence-electron chi connectivity index (χ1n) is 3.30. The second-order valence-corrected chi connectivity index (χ2v) is 3.16. The molecule has 12 heavy (non-hydrogen) atoms. The number of carboxylic acid groups (broad SMARTS) is 1. The number of halogens is 1. The molecule has 0 unspecified atom stereocenters.